The molecule has 0 aliphatic carbocycles. The van der Waals surface area contributed by atoms with Crippen molar-refractivity contribution < 1.29 is 9.53 Å². The van der Waals surface area contributed by atoms with Crippen LogP contribution < -0.4 is 10.1 Å². The van der Waals surface area contributed by atoms with Gasteiger partial charge in [-0.1, -0.05) is 41.9 Å². The lowest BCUT2D eigenvalue weighted by atomic mass is 10.1. The first-order valence-corrected chi connectivity index (χ1v) is 12.5. The van der Waals surface area contributed by atoms with Crippen LogP contribution in [0.15, 0.2) is 66.7 Å². The Hall–Kier alpha value is -3.31. The summed E-state index contributed by atoms with van der Waals surface area (Å²) in [5.74, 6) is 1.93. The summed E-state index contributed by atoms with van der Waals surface area (Å²) in [6, 6.07) is 21.9. The first-order valence-electron chi connectivity index (χ1n) is 12.1. The molecule has 182 valence electrons. The summed E-state index contributed by atoms with van der Waals surface area (Å²) in [5.41, 5.74) is 5.50. The smallest absolute Gasteiger partial charge is 0.224 e. The summed E-state index contributed by atoms with van der Waals surface area (Å²) in [5, 5.41) is 3.70. The molecule has 4 aromatic rings. The molecule has 0 unspecified atom stereocenters. The third kappa shape index (κ3) is 7.09. The van der Waals surface area contributed by atoms with Crippen molar-refractivity contribution in [3.63, 3.8) is 0 Å². The van der Waals surface area contributed by atoms with Crippen molar-refractivity contribution in [2.24, 2.45) is 0 Å². The Balaban J connectivity index is 1.30. The highest BCUT2D eigenvalue weighted by atomic mass is 35.5. The van der Waals surface area contributed by atoms with E-state index < -0.39 is 0 Å². The molecule has 1 N–H and O–H groups in total. The number of hydrogen-bond donors (Lipinski definition) is 1. The van der Waals surface area contributed by atoms with Gasteiger partial charge in [0.1, 0.15) is 11.6 Å². The largest absolute Gasteiger partial charge is 0.494 e. The van der Waals surface area contributed by atoms with Gasteiger partial charge in [0.05, 0.1) is 24.1 Å². The molecule has 0 bridgehead atoms. The van der Waals surface area contributed by atoms with Gasteiger partial charge in [-0.25, -0.2) is 4.98 Å². The van der Waals surface area contributed by atoms with Crippen molar-refractivity contribution >= 4 is 28.5 Å². The van der Waals surface area contributed by atoms with Crippen LogP contribution in [-0.2, 0) is 24.2 Å². The van der Waals surface area contributed by atoms with Crippen molar-refractivity contribution in [3.05, 3.63) is 94.3 Å². The van der Waals surface area contributed by atoms with E-state index in [1.165, 1.54) is 11.1 Å². The van der Waals surface area contributed by atoms with Crippen molar-refractivity contribution in [1.82, 2.24) is 14.9 Å². The van der Waals surface area contributed by atoms with Gasteiger partial charge in [0, 0.05) is 24.5 Å². The summed E-state index contributed by atoms with van der Waals surface area (Å²) >= 11 is 5.92. The Labute approximate surface area is 212 Å². The molecule has 1 aromatic heterocycles. The van der Waals surface area contributed by atoms with Gasteiger partial charge in [-0.3, -0.25) is 4.79 Å². The second kappa shape index (κ2) is 11.9. The summed E-state index contributed by atoms with van der Waals surface area (Å²) in [6.07, 6.45) is 2.96. The number of nitrogens with zero attached hydrogens (tertiary/aromatic N) is 2. The summed E-state index contributed by atoms with van der Waals surface area (Å²) in [7, 11) is 0. The molecule has 0 aliphatic rings. The van der Waals surface area contributed by atoms with E-state index in [1.807, 2.05) is 30.3 Å². The van der Waals surface area contributed by atoms with Crippen LogP contribution >= 0.6 is 11.6 Å². The van der Waals surface area contributed by atoms with Crippen LogP contribution in [0.4, 0.5) is 0 Å². The van der Waals surface area contributed by atoms with Crippen LogP contribution in [0.1, 0.15) is 35.4 Å². The third-order valence-corrected chi connectivity index (χ3v) is 6.17. The number of carbonyl (C=O) groups excluding carboxylic acids is 1. The highest BCUT2D eigenvalue weighted by Gasteiger charge is 2.11. The van der Waals surface area contributed by atoms with Crippen molar-refractivity contribution in [1.29, 1.82) is 0 Å². The molecule has 3 aromatic carbocycles. The number of nitrogens with one attached hydrogen (secondary N) is 1. The van der Waals surface area contributed by atoms with Gasteiger partial charge in [0.2, 0.25) is 5.91 Å². The maximum Gasteiger partial charge on any atom is 0.224 e. The van der Waals surface area contributed by atoms with Gasteiger partial charge in [0.15, 0.2) is 0 Å². The van der Waals surface area contributed by atoms with E-state index in [0.29, 0.717) is 31.0 Å². The number of amides is 1. The van der Waals surface area contributed by atoms with E-state index in [0.717, 1.165) is 47.6 Å². The lowest BCUT2D eigenvalue weighted by Gasteiger charge is -2.11. The average molecular weight is 490 g/mol. The summed E-state index contributed by atoms with van der Waals surface area (Å²) < 4.78 is 8.25. The van der Waals surface area contributed by atoms with Crippen molar-refractivity contribution in [3.8, 4) is 5.75 Å². The van der Waals surface area contributed by atoms with Crippen molar-refractivity contribution in [2.45, 2.75) is 46.1 Å². The number of halogens is 1. The van der Waals surface area contributed by atoms with Crippen molar-refractivity contribution in [2.75, 3.05) is 13.2 Å². The van der Waals surface area contributed by atoms with E-state index in [-0.39, 0.29) is 5.91 Å². The molecule has 1 heterocycles. The molecular formula is C29H32ClN3O2. The average Bonchev–Trinajstić information content (AvgIpc) is 3.17. The molecule has 35 heavy (non-hydrogen) atoms. The fraction of sp³-hybridized carbons (Fsp3) is 0.310. The van der Waals surface area contributed by atoms with Crippen LogP contribution in [0, 0.1) is 13.8 Å². The highest BCUT2D eigenvalue weighted by Crippen LogP contribution is 2.19. The van der Waals surface area contributed by atoms with E-state index in [9.17, 15) is 4.79 Å². The monoisotopic (exact) mass is 489 g/mol. The molecule has 0 saturated carbocycles. The molecule has 0 saturated heterocycles. The Morgan fingerprint density at radius 3 is 2.51 bits per heavy atom. The molecule has 0 spiro atoms. The van der Waals surface area contributed by atoms with Crippen LogP contribution in [0.25, 0.3) is 11.0 Å². The van der Waals surface area contributed by atoms with Gasteiger partial charge < -0.3 is 14.6 Å². The number of para-hydroxylation sites is 2. The zero-order valence-electron chi connectivity index (χ0n) is 20.4. The lowest BCUT2D eigenvalue weighted by molar-refractivity contribution is -0.120. The summed E-state index contributed by atoms with van der Waals surface area (Å²) in [6.45, 7) is 6.28. The van der Waals surface area contributed by atoms with E-state index in [4.69, 9.17) is 21.3 Å². The van der Waals surface area contributed by atoms with E-state index >= 15 is 0 Å². The first kappa shape index (κ1) is 24.8. The molecule has 4 rings (SSSR count). The second-order valence-corrected chi connectivity index (χ2v) is 9.39. The topological polar surface area (TPSA) is 56.1 Å². The number of hydrogen-bond acceptors (Lipinski definition) is 3. The first-order chi connectivity index (χ1) is 17.0. The summed E-state index contributed by atoms with van der Waals surface area (Å²) in [4.78, 5) is 17.2. The van der Waals surface area contributed by atoms with Gasteiger partial charge >= 0.3 is 0 Å². The van der Waals surface area contributed by atoms with E-state index in [1.54, 1.807) is 12.1 Å². The third-order valence-electron chi connectivity index (χ3n) is 5.92. The van der Waals surface area contributed by atoms with Crippen LogP contribution in [0.3, 0.4) is 0 Å². The Kier molecular flexibility index (Phi) is 8.43. The van der Waals surface area contributed by atoms with E-state index in [2.05, 4.69) is 48.0 Å². The molecular weight excluding hydrogens is 458 g/mol. The Morgan fingerprint density at radius 1 is 1.00 bits per heavy atom. The second-order valence-electron chi connectivity index (χ2n) is 8.95. The molecule has 0 aliphatic heterocycles. The predicted molar refractivity (Wildman–Crippen MR) is 142 cm³/mol. The minimum atomic E-state index is -0.00137. The number of fused-ring (bicyclic) bond motifs is 1. The van der Waals surface area contributed by atoms with Gasteiger partial charge in [-0.2, -0.15) is 0 Å². The van der Waals surface area contributed by atoms with Gasteiger partial charge in [0.25, 0.3) is 0 Å². The van der Waals surface area contributed by atoms with Crippen LogP contribution in [-0.4, -0.2) is 28.6 Å². The molecule has 5 nitrogen and oxygen atoms in total. The molecule has 1 amide bonds. The number of benzene rings is 3. The van der Waals surface area contributed by atoms with Crippen LogP contribution in [0.5, 0.6) is 5.75 Å². The fourth-order valence-electron chi connectivity index (χ4n) is 4.31. The fourth-order valence-corrected chi connectivity index (χ4v) is 4.43. The molecule has 6 heteroatoms. The number of ether oxygens (including phenoxy) is 1. The number of imidazole rings is 1. The maximum atomic E-state index is 12.4. The number of aryl methyl sites for hydroxylation is 3. The molecule has 0 atom stereocenters. The Morgan fingerprint density at radius 2 is 1.74 bits per heavy atom. The minimum Gasteiger partial charge on any atom is -0.494 e. The minimum absolute atomic E-state index is 0.00137. The zero-order valence-corrected chi connectivity index (χ0v) is 21.1. The normalized spacial score (nSPS) is 11.1. The highest BCUT2D eigenvalue weighted by molar-refractivity contribution is 6.30. The standard InChI is InChI=1S/C29H32ClN3O2/c1-21-17-22(2)19-25(18-21)35-16-6-5-15-33-27-8-4-3-7-26(27)32-28(33)13-14-31-29(34)20-23-9-11-24(30)12-10-23/h3-4,7-12,17-19H,5-6,13-16,20H2,1-2H3,(H,31,34). The number of aromatic nitrogens is 2. The number of rotatable bonds is 11. The molecule has 0 fully saturated rings. The lowest BCUT2D eigenvalue weighted by Crippen LogP contribution is -2.28. The van der Waals surface area contributed by atoms with Gasteiger partial charge in [-0.15, -0.1) is 0 Å². The van der Waals surface area contributed by atoms with Gasteiger partial charge in [-0.05, 0) is 79.8 Å². The molecule has 0 radical (unpaired) electrons. The maximum absolute atomic E-state index is 12.4. The predicted octanol–water partition coefficient (Wildman–Crippen LogP) is 6.07. The quantitative estimate of drug-likeness (QED) is 0.260. The number of unbranched alkanes of at least 4 members (excludes halogenated alkanes) is 1. The Bertz CT molecular complexity index is 1260. The SMILES string of the molecule is Cc1cc(C)cc(OCCCCn2c(CCNC(=O)Cc3ccc(Cl)cc3)nc3ccccc32)c1. The number of carbonyl (C=O) groups is 1. The zero-order chi connectivity index (χ0) is 24.6. The van der Waals surface area contributed by atoms with Crippen LogP contribution in [0.2, 0.25) is 5.02 Å².